The number of nitrogens with one attached hydrogen (secondary N) is 1. The lowest BCUT2D eigenvalue weighted by molar-refractivity contribution is -0.150. The molecule has 0 saturated heterocycles. The molecular weight excluding hydrogens is 389 g/mol. The highest BCUT2D eigenvalue weighted by molar-refractivity contribution is 9.10. The zero-order valence-corrected chi connectivity index (χ0v) is 15.1. The van der Waals surface area contributed by atoms with Gasteiger partial charge in [-0.05, 0) is 36.8 Å². The summed E-state index contributed by atoms with van der Waals surface area (Å²) >= 11 is 3.23. The number of amides is 1. The standard InChI is InChI=1S/C19H17BrFNO3/c1-13(19(24)22-12-14-5-3-2-4-6-14)25-18(23)10-7-15-11-16(20)8-9-17(15)21/h2-11,13H,12H2,1H3,(H,22,24)/b10-7+/t13-/m0/s1. The van der Waals surface area contributed by atoms with Gasteiger partial charge in [-0.3, -0.25) is 4.79 Å². The van der Waals surface area contributed by atoms with Crippen LogP contribution in [0.5, 0.6) is 0 Å². The number of hydrogen-bond donors (Lipinski definition) is 1. The van der Waals surface area contributed by atoms with Crippen LogP contribution in [-0.4, -0.2) is 18.0 Å². The first kappa shape index (κ1) is 18.9. The molecule has 0 radical (unpaired) electrons. The van der Waals surface area contributed by atoms with Crippen molar-refractivity contribution in [1.29, 1.82) is 0 Å². The van der Waals surface area contributed by atoms with Crippen molar-refractivity contribution in [3.05, 3.63) is 76.0 Å². The molecule has 0 fully saturated rings. The van der Waals surface area contributed by atoms with Crippen LogP contribution in [0.25, 0.3) is 6.08 Å². The fraction of sp³-hybridized carbons (Fsp3) is 0.158. The fourth-order valence-corrected chi connectivity index (χ4v) is 2.37. The van der Waals surface area contributed by atoms with E-state index in [0.29, 0.717) is 11.0 Å². The van der Waals surface area contributed by atoms with Crippen molar-refractivity contribution in [2.75, 3.05) is 0 Å². The summed E-state index contributed by atoms with van der Waals surface area (Å²) in [6.07, 6.45) is 1.44. The average Bonchev–Trinajstić information content (AvgIpc) is 2.61. The predicted octanol–water partition coefficient (Wildman–Crippen LogP) is 3.85. The zero-order chi connectivity index (χ0) is 18.2. The van der Waals surface area contributed by atoms with Gasteiger partial charge in [-0.25, -0.2) is 9.18 Å². The molecule has 6 heteroatoms. The molecule has 130 valence electrons. The number of hydrogen-bond acceptors (Lipinski definition) is 3. The largest absolute Gasteiger partial charge is 0.449 e. The minimum atomic E-state index is -0.951. The monoisotopic (exact) mass is 405 g/mol. The molecule has 0 bridgehead atoms. The Kier molecular flexibility index (Phi) is 6.89. The molecule has 1 amide bonds. The Morgan fingerprint density at radius 3 is 2.68 bits per heavy atom. The molecule has 2 aromatic carbocycles. The minimum absolute atomic E-state index is 0.243. The number of carbonyl (C=O) groups excluding carboxylic acids is 2. The van der Waals surface area contributed by atoms with Gasteiger partial charge >= 0.3 is 5.97 Å². The Labute approximate surface area is 153 Å². The number of halogens is 2. The molecule has 2 rings (SSSR count). The number of benzene rings is 2. The van der Waals surface area contributed by atoms with Gasteiger partial charge in [-0.1, -0.05) is 46.3 Å². The van der Waals surface area contributed by atoms with Gasteiger partial charge in [0.05, 0.1) is 0 Å². The van der Waals surface area contributed by atoms with E-state index >= 15 is 0 Å². The highest BCUT2D eigenvalue weighted by Gasteiger charge is 2.16. The molecule has 0 spiro atoms. The fourth-order valence-electron chi connectivity index (χ4n) is 2.00. The summed E-state index contributed by atoms with van der Waals surface area (Å²) < 4.78 is 19.3. The molecule has 0 saturated carbocycles. The third kappa shape index (κ3) is 6.15. The molecule has 0 unspecified atom stereocenters. The van der Waals surface area contributed by atoms with Crippen molar-refractivity contribution in [1.82, 2.24) is 5.32 Å². The Balaban J connectivity index is 1.85. The van der Waals surface area contributed by atoms with Crippen LogP contribution in [-0.2, 0) is 20.9 Å². The normalized spacial score (nSPS) is 12.0. The SMILES string of the molecule is C[C@H](OC(=O)/C=C/c1cc(Br)ccc1F)C(=O)NCc1ccccc1. The number of esters is 1. The molecule has 1 N–H and O–H groups in total. The van der Waals surface area contributed by atoms with E-state index in [1.807, 2.05) is 30.3 Å². The van der Waals surface area contributed by atoms with Gasteiger partial charge in [-0.15, -0.1) is 0 Å². The topological polar surface area (TPSA) is 55.4 Å². The van der Waals surface area contributed by atoms with E-state index in [2.05, 4.69) is 21.2 Å². The third-order valence-electron chi connectivity index (χ3n) is 3.33. The molecule has 0 aliphatic heterocycles. The molecular formula is C19H17BrFNO3. The van der Waals surface area contributed by atoms with Crippen LogP contribution < -0.4 is 5.32 Å². The van der Waals surface area contributed by atoms with Gasteiger partial charge < -0.3 is 10.1 Å². The first-order valence-corrected chi connectivity index (χ1v) is 8.40. The Morgan fingerprint density at radius 2 is 1.96 bits per heavy atom. The molecule has 0 aliphatic rings. The molecule has 25 heavy (non-hydrogen) atoms. The van der Waals surface area contributed by atoms with E-state index in [1.54, 1.807) is 6.07 Å². The van der Waals surface area contributed by atoms with Gasteiger partial charge in [0, 0.05) is 22.7 Å². The smallest absolute Gasteiger partial charge is 0.331 e. The Morgan fingerprint density at radius 1 is 1.24 bits per heavy atom. The van der Waals surface area contributed by atoms with Crippen LogP contribution in [0.15, 0.2) is 59.1 Å². The minimum Gasteiger partial charge on any atom is -0.449 e. The number of rotatable bonds is 6. The van der Waals surface area contributed by atoms with Crippen molar-refractivity contribution in [3.8, 4) is 0 Å². The van der Waals surface area contributed by atoms with Crippen LogP contribution in [0.3, 0.4) is 0 Å². The van der Waals surface area contributed by atoms with Crippen molar-refractivity contribution in [2.45, 2.75) is 19.6 Å². The van der Waals surface area contributed by atoms with E-state index < -0.39 is 23.8 Å². The zero-order valence-electron chi connectivity index (χ0n) is 13.5. The Hall–Kier alpha value is -2.47. The van der Waals surface area contributed by atoms with Gasteiger partial charge in [-0.2, -0.15) is 0 Å². The summed E-state index contributed by atoms with van der Waals surface area (Å²) in [6.45, 7) is 1.83. The van der Waals surface area contributed by atoms with Gasteiger partial charge in [0.15, 0.2) is 6.10 Å². The summed E-state index contributed by atoms with van der Waals surface area (Å²) in [5.74, 6) is -1.58. The molecule has 0 heterocycles. The quantitative estimate of drug-likeness (QED) is 0.586. The highest BCUT2D eigenvalue weighted by Crippen LogP contribution is 2.16. The predicted molar refractivity (Wildman–Crippen MR) is 97.0 cm³/mol. The van der Waals surface area contributed by atoms with Gasteiger partial charge in [0.2, 0.25) is 0 Å². The third-order valence-corrected chi connectivity index (χ3v) is 3.82. The van der Waals surface area contributed by atoms with E-state index in [0.717, 1.165) is 11.6 Å². The van der Waals surface area contributed by atoms with Crippen molar-refractivity contribution >= 4 is 33.9 Å². The maximum absolute atomic E-state index is 13.6. The Bertz CT molecular complexity index is 777. The van der Waals surface area contributed by atoms with E-state index in [1.165, 1.54) is 25.1 Å². The van der Waals surface area contributed by atoms with E-state index in [4.69, 9.17) is 4.74 Å². The maximum Gasteiger partial charge on any atom is 0.331 e. The van der Waals surface area contributed by atoms with Gasteiger partial charge in [0.25, 0.3) is 5.91 Å². The van der Waals surface area contributed by atoms with Crippen LogP contribution >= 0.6 is 15.9 Å². The summed E-state index contributed by atoms with van der Waals surface area (Å²) in [5, 5.41) is 2.69. The first-order chi connectivity index (χ1) is 12.0. The summed E-state index contributed by atoms with van der Waals surface area (Å²) in [6, 6.07) is 13.8. The molecule has 2 aromatic rings. The summed E-state index contributed by atoms with van der Waals surface area (Å²) in [7, 11) is 0. The summed E-state index contributed by atoms with van der Waals surface area (Å²) in [4.78, 5) is 23.7. The highest BCUT2D eigenvalue weighted by atomic mass is 79.9. The molecule has 4 nitrogen and oxygen atoms in total. The second-order valence-corrected chi connectivity index (χ2v) is 6.20. The van der Waals surface area contributed by atoms with E-state index in [-0.39, 0.29) is 5.56 Å². The lowest BCUT2D eigenvalue weighted by Gasteiger charge is -2.12. The number of carbonyl (C=O) groups is 2. The lowest BCUT2D eigenvalue weighted by atomic mass is 10.2. The number of ether oxygens (including phenoxy) is 1. The first-order valence-electron chi connectivity index (χ1n) is 7.61. The van der Waals surface area contributed by atoms with Crippen LogP contribution in [0.4, 0.5) is 4.39 Å². The summed E-state index contributed by atoms with van der Waals surface area (Å²) in [5.41, 5.74) is 1.19. The van der Waals surface area contributed by atoms with Crippen LogP contribution in [0.2, 0.25) is 0 Å². The lowest BCUT2D eigenvalue weighted by Crippen LogP contribution is -2.35. The van der Waals surface area contributed by atoms with Gasteiger partial charge in [0.1, 0.15) is 5.82 Å². The van der Waals surface area contributed by atoms with E-state index in [9.17, 15) is 14.0 Å². The average molecular weight is 406 g/mol. The molecule has 1 atom stereocenters. The maximum atomic E-state index is 13.6. The van der Waals surface area contributed by atoms with Crippen molar-refractivity contribution in [2.24, 2.45) is 0 Å². The molecule has 0 aliphatic carbocycles. The van der Waals surface area contributed by atoms with Crippen molar-refractivity contribution < 1.29 is 18.7 Å². The molecule has 0 aromatic heterocycles. The van der Waals surface area contributed by atoms with Crippen molar-refractivity contribution in [3.63, 3.8) is 0 Å². The second kappa shape index (κ2) is 9.13. The van der Waals surface area contributed by atoms with Crippen LogP contribution in [0, 0.1) is 5.82 Å². The second-order valence-electron chi connectivity index (χ2n) is 5.28. The van der Waals surface area contributed by atoms with Crippen LogP contribution in [0.1, 0.15) is 18.1 Å².